The number of para-hydroxylation sites is 1. The van der Waals surface area contributed by atoms with Gasteiger partial charge < -0.3 is 20.4 Å². The van der Waals surface area contributed by atoms with Crippen molar-refractivity contribution in [1.82, 2.24) is 15.6 Å². The van der Waals surface area contributed by atoms with Crippen molar-refractivity contribution < 1.29 is 14.3 Å². The van der Waals surface area contributed by atoms with Gasteiger partial charge in [0.05, 0.1) is 12.7 Å². The molecule has 1 aromatic heterocycles. The third-order valence-corrected chi connectivity index (χ3v) is 3.99. The van der Waals surface area contributed by atoms with E-state index < -0.39 is 24.1 Å². The molecular weight excluding hydrogens is 332 g/mol. The Kier molecular flexibility index (Phi) is 7.03. The number of nitrogens with one attached hydrogen (secondary N) is 3. The van der Waals surface area contributed by atoms with E-state index in [1.54, 1.807) is 6.92 Å². The number of aromatic nitrogens is 1. The molecule has 0 aliphatic rings. The molecule has 2 aromatic rings. The molecule has 26 heavy (non-hydrogen) atoms. The molecule has 2 amide bonds. The van der Waals surface area contributed by atoms with E-state index >= 15 is 0 Å². The Bertz CT molecular complexity index is 793. The molecule has 2 rings (SSSR count). The number of nitriles is 1. The minimum Gasteiger partial charge on any atom is -0.450 e. The Morgan fingerprint density at radius 3 is 2.81 bits per heavy atom. The summed E-state index contributed by atoms with van der Waals surface area (Å²) in [5.74, 6) is -0.420. The number of amides is 2. The molecule has 0 fully saturated rings. The Morgan fingerprint density at radius 1 is 1.31 bits per heavy atom. The SMILES string of the molecule is CCCCOC(=O)NC(Cc1c[nH]c2ccccc12)C(=O)NC(C)C#N. The molecule has 7 heteroatoms. The number of alkyl carbamates (subject to hydrolysis) is 1. The van der Waals surface area contributed by atoms with Gasteiger partial charge in [-0.25, -0.2) is 4.79 Å². The first-order valence-electron chi connectivity index (χ1n) is 8.73. The lowest BCUT2D eigenvalue weighted by Gasteiger charge is -2.19. The second kappa shape index (κ2) is 9.47. The van der Waals surface area contributed by atoms with Gasteiger partial charge in [0.15, 0.2) is 0 Å². The normalized spacial score (nSPS) is 12.8. The fourth-order valence-corrected chi connectivity index (χ4v) is 2.57. The predicted molar refractivity (Wildman–Crippen MR) is 98.4 cm³/mol. The lowest BCUT2D eigenvalue weighted by molar-refractivity contribution is -0.123. The summed E-state index contributed by atoms with van der Waals surface area (Å²) in [4.78, 5) is 27.6. The molecule has 2 unspecified atom stereocenters. The number of hydrogen-bond acceptors (Lipinski definition) is 4. The number of unbranched alkanes of at least 4 members (excludes halogenated alkanes) is 1. The highest BCUT2D eigenvalue weighted by Gasteiger charge is 2.24. The molecule has 138 valence electrons. The number of rotatable bonds is 8. The summed E-state index contributed by atoms with van der Waals surface area (Å²) >= 11 is 0. The number of hydrogen-bond donors (Lipinski definition) is 3. The minimum absolute atomic E-state index is 0.289. The van der Waals surface area contributed by atoms with Crippen LogP contribution in [0.3, 0.4) is 0 Å². The van der Waals surface area contributed by atoms with Crippen LogP contribution in [0.4, 0.5) is 4.79 Å². The number of fused-ring (bicyclic) bond motifs is 1. The molecule has 0 radical (unpaired) electrons. The molecule has 0 bridgehead atoms. The van der Waals surface area contributed by atoms with Crippen LogP contribution in [0.25, 0.3) is 10.9 Å². The van der Waals surface area contributed by atoms with Crippen LogP contribution in [-0.2, 0) is 16.0 Å². The third kappa shape index (κ3) is 5.24. The Hall–Kier alpha value is -3.01. The van der Waals surface area contributed by atoms with Gasteiger partial charge in [0.25, 0.3) is 0 Å². The number of ether oxygens (including phenoxy) is 1. The summed E-state index contributed by atoms with van der Waals surface area (Å²) in [6, 6.07) is 8.20. The van der Waals surface area contributed by atoms with E-state index in [9.17, 15) is 9.59 Å². The highest BCUT2D eigenvalue weighted by Crippen LogP contribution is 2.19. The summed E-state index contributed by atoms with van der Waals surface area (Å²) in [5, 5.41) is 15.1. The van der Waals surface area contributed by atoms with Crippen LogP contribution in [0.5, 0.6) is 0 Å². The zero-order valence-electron chi connectivity index (χ0n) is 15.0. The fourth-order valence-electron chi connectivity index (χ4n) is 2.57. The summed E-state index contributed by atoms with van der Waals surface area (Å²) in [6.45, 7) is 3.89. The maximum atomic E-state index is 12.5. The summed E-state index contributed by atoms with van der Waals surface area (Å²) in [5.41, 5.74) is 1.86. The molecule has 0 aliphatic carbocycles. The molecule has 1 heterocycles. The van der Waals surface area contributed by atoms with Crippen molar-refractivity contribution in [3.05, 3.63) is 36.0 Å². The molecule has 7 nitrogen and oxygen atoms in total. The van der Waals surface area contributed by atoms with Crippen LogP contribution in [0, 0.1) is 11.3 Å². The first-order chi connectivity index (χ1) is 12.5. The first kappa shape index (κ1) is 19.3. The number of H-pyrrole nitrogens is 1. The maximum absolute atomic E-state index is 12.5. The van der Waals surface area contributed by atoms with Crippen molar-refractivity contribution >= 4 is 22.9 Å². The van der Waals surface area contributed by atoms with E-state index in [0.29, 0.717) is 6.61 Å². The number of carbonyl (C=O) groups excluding carboxylic acids is 2. The number of aromatic amines is 1. The van der Waals surface area contributed by atoms with Crippen molar-refractivity contribution in [2.24, 2.45) is 0 Å². The fraction of sp³-hybridized carbons (Fsp3) is 0.421. The van der Waals surface area contributed by atoms with Gasteiger partial charge in [0.1, 0.15) is 12.1 Å². The first-order valence-corrected chi connectivity index (χ1v) is 8.73. The molecule has 0 aliphatic heterocycles. The molecule has 0 spiro atoms. The standard InChI is InChI=1S/C19H24N4O3/c1-3-4-9-26-19(25)23-17(18(24)22-13(2)11-20)10-14-12-21-16-8-6-5-7-15(14)16/h5-8,12-13,17,21H,3-4,9-10H2,1-2H3,(H,22,24)(H,23,25). The van der Waals surface area contributed by atoms with Gasteiger partial charge in [-0.1, -0.05) is 31.5 Å². The second-order valence-electron chi connectivity index (χ2n) is 6.11. The van der Waals surface area contributed by atoms with Crippen LogP contribution in [0.1, 0.15) is 32.3 Å². The summed E-state index contributed by atoms with van der Waals surface area (Å²) < 4.78 is 5.10. The summed E-state index contributed by atoms with van der Waals surface area (Å²) in [6.07, 6.45) is 3.15. The second-order valence-corrected chi connectivity index (χ2v) is 6.11. The van der Waals surface area contributed by atoms with E-state index in [-0.39, 0.29) is 6.42 Å². The van der Waals surface area contributed by atoms with Gasteiger partial charge in [0.2, 0.25) is 5.91 Å². The lowest BCUT2D eigenvalue weighted by Crippen LogP contribution is -2.50. The minimum atomic E-state index is -0.834. The van der Waals surface area contributed by atoms with Crippen LogP contribution < -0.4 is 10.6 Å². The van der Waals surface area contributed by atoms with Crippen LogP contribution in [0.15, 0.2) is 30.5 Å². The van der Waals surface area contributed by atoms with Crippen LogP contribution >= 0.6 is 0 Å². The monoisotopic (exact) mass is 356 g/mol. The zero-order valence-corrected chi connectivity index (χ0v) is 15.0. The smallest absolute Gasteiger partial charge is 0.407 e. The molecule has 3 N–H and O–H groups in total. The maximum Gasteiger partial charge on any atom is 0.407 e. The predicted octanol–water partition coefficient (Wildman–Crippen LogP) is 2.63. The van der Waals surface area contributed by atoms with Crippen LogP contribution in [0.2, 0.25) is 0 Å². The van der Waals surface area contributed by atoms with Gasteiger partial charge in [0, 0.05) is 23.5 Å². The van der Waals surface area contributed by atoms with E-state index in [1.165, 1.54) is 0 Å². The quantitative estimate of drug-likeness (QED) is 0.632. The molecular formula is C19H24N4O3. The van der Waals surface area contributed by atoms with Crippen molar-refractivity contribution in [3.8, 4) is 6.07 Å². The average Bonchev–Trinajstić information content (AvgIpc) is 3.04. The van der Waals surface area contributed by atoms with E-state index in [4.69, 9.17) is 10.00 Å². The lowest BCUT2D eigenvalue weighted by atomic mass is 10.0. The van der Waals surface area contributed by atoms with E-state index in [2.05, 4.69) is 15.6 Å². The van der Waals surface area contributed by atoms with Gasteiger partial charge >= 0.3 is 6.09 Å². The Morgan fingerprint density at radius 2 is 2.08 bits per heavy atom. The van der Waals surface area contributed by atoms with E-state index in [1.807, 2.05) is 43.5 Å². The van der Waals surface area contributed by atoms with Crippen molar-refractivity contribution in [2.75, 3.05) is 6.61 Å². The Balaban J connectivity index is 2.13. The van der Waals surface area contributed by atoms with Crippen molar-refractivity contribution in [1.29, 1.82) is 5.26 Å². The molecule has 0 saturated heterocycles. The van der Waals surface area contributed by atoms with Crippen molar-refractivity contribution in [3.63, 3.8) is 0 Å². The highest BCUT2D eigenvalue weighted by molar-refractivity contribution is 5.88. The molecule has 1 aromatic carbocycles. The van der Waals surface area contributed by atoms with Gasteiger partial charge in [-0.2, -0.15) is 5.26 Å². The largest absolute Gasteiger partial charge is 0.450 e. The summed E-state index contributed by atoms with van der Waals surface area (Å²) in [7, 11) is 0. The molecule has 0 saturated carbocycles. The van der Waals surface area contributed by atoms with Gasteiger partial charge in [-0.15, -0.1) is 0 Å². The number of benzene rings is 1. The van der Waals surface area contributed by atoms with Gasteiger partial charge in [-0.3, -0.25) is 4.79 Å². The van der Waals surface area contributed by atoms with Gasteiger partial charge in [-0.05, 0) is 25.0 Å². The zero-order chi connectivity index (χ0) is 18.9. The molecule has 2 atom stereocenters. The van der Waals surface area contributed by atoms with Crippen molar-refractivity contribution in [2.45, 2.75) is 45.2 Å². The van der Waals surface area contributed by atoms with Crippen LogP contribution in [-0.4, -0.2) is 35.7 Å². The number of carbonyl (C=O) groups is 2. The van der Waals surface area contributed by atoms with E-state index in [0.717, 1.165) is 29.3 Å². The Labute approximate surface area is 152 Å². The topological polar surface area (TPSA) is 107 Å². The third-order valence-electron chi connectivity index (χ3n) is 3.99. The number of nitrogens with zero attached hydrogens (tertiary/aromatic N) is 1. The average molecular weight is 356 g/mol. The highest BCUT2D eigenvalue weighted by atomic mass is 16.5.